The minimum absolute atomic E-state index is 0.00468. The maximum atomic E-state index is 11.8. The zero-order chi connectivity index (χ0) is 15.1. The molecule has 0 bridgehead atoms. The fourth-order valence-electron chi connectivity index (χ4n) is 2.54. The van der Waals surface area contributed by atoms with Crippen LogP contribution in [0, 0.1) is 5.92 Å². The predicted molar refractivity (Wildman–Crippen MR) is 83.0 cm³/mol. The van der Waals surface area contributed by atoms with Gasteiger partial charge in [-0.3, -0.25) is 4.79 Å². The largest absolute Gasteiger partial charge is 0.352 e. The molecule has 3 N–H and O–H groups in total. The first-order valence-corrected chi connectivity index (χ1v) is 7.53. The summed E-state index contributed by atoms with van der Waals surface area (Å²) >= 11 is 0. The summed E-state index contributed by atoms with van der Waals surface area (Å²) in [4.78, 5) is 23.4. The lowest BCUT2D eigenvalue weighted by Crippen LogP contribution is -2.44. The lowest BCUT2D eigenvalue weighted by Gasteiger charge is -2.26. The quantitative estimate of drug-likeness (QED) is 0.797. The maximum Gasteiger partial charge on any atom is 0.319 e. The van der Waals surface area contributed by atoms with Crippen LogP contribution in [0.3, 0.4) is 0 Å². The highest BCUT2D eigenvalue weighted by atomic mass is 16.2. The van der Waals surface area contributed by atoms with Crippen LogP contribution in [0.5, 0.6) is 0 Å². The van der Waals surface area contributed by atoms with Gasteiger partial charge in [-0.05, 0) is 43.7 Å². The fraction of sp³-hybridized carbons (Fsp3) is 0.500. The van der Waals surface area contributed by atoms with Gasteiger partial charge in [0, 0.05) is 11.7 Å². The van der Waals surface area contributed by atoms with Crippen LogP contribution in [-0.4, -0.2) is 24.5 Å². The van der Waals surface area contributed by atoms with E-state index in [-0.39, 0.29) is 24.5 Å². The number of anilines is 1. The number of carbonyl (C=O) groups excluding carboxylic acids is 2. The molecule has 0 unspecified atom stereocenters. The smallest absolute Gasteiger partial charge is 0.319 e. The van der Waals surface area contributed by atoms with Gasteiger partial charge in [0.05, 0.1) is 6.54 Å². The SMILES string of the molecule is CC1CCC(NC(=O)CNC(=O)Nc2ccccc2)CC1. The van der Waals surface area contributed by atoms with Crippen molar-refractivity contribution in [2.75, 3.05) is 11.9 Å². The molecule has 0 radical (unpaired) electrons. The van der Waals surface area contributed by atoms with E-state index < -0.39 is 0 Å². The summed E-state index contributed by atoms with van der Waals surface area (Å²) in [5.41, 5.74) is 0.705. The number of amides is 3. The van der Waals surface area contributed by atoms with Crippen molar-refractivity contribution in [1.82, 2.24) is 10.6 Å². The van der Waals surface area contributed by atoms with E-state index in [1.807, 2.05) is 18.2 Å². The fourth-order valence-corrected chi connectivity index (χ4v) is 2.54. The Hall–Kier alpha value is -2.04. The third-order valence-corrected chi connectivity index (χ3v) is 3.82. The lowest BCUT2D eigenvalue weighted by molar-refractivity contribution is -0.121. The molecular formula is C16H23N3O2. The number of urea groups is 1. The van der Waals surface area contributed by atoms with E-state index in [1.54, 1.807) is 12.1 Å². The van der Waals surface area contributed by atoms with E-state index >= 15 is 0 Å². The average Bonchev–Trinajstić information content (AvgIpc) is 2.49. The molecular weight excluding hydrogens is 266 g/mol. The Bertz CT molecular complexity index is 468. The molecule has 0 heterocycles. The Kier molecular flexibility index (Phi) is 5.60. The van der Waals surface area contributed by atoms with Crippen molar-refractivity contribution < 1.29 is 9.59 Å². The monoisotopic (exact) mass is 289 g/mol. The summed E-state index contributed by atoms with van der Waals surface area (Å²) in [5.74, 6) is 0.630. The number of benzene rings is 1. The van der Waals surface area contributed by atoms with Crippen LogP contribution >= 0.6 is 0 Å². The highest BCUT2D eigenvalue weighted by Crippen LogP contribution is 2.23. The molecule has 5 heteroatoms. The van der Waals surface area contributed by atoms with Crippen LogP contribution in [0.25, 0.3) is 0 Å². The maximum absolute atomic E-state index is 11.8. The van der Waals surface area contributed by atoms with Crippen molar-refractivity contribution in [3.05, 3.63) is 30.3 Å². The second kappa shape index (κ2) is 7.67. The Balaban J connectivity index is 1.65. The van der Waals surface area contributed by atoms with Gasteiger partial charge >= 0.3 is 6.03 Å². The van der Waals surface area contributed by atoms with Crippen LogP contribution in [-0.2, 0) is 4.79 Å². The number of para-hydroxylation sites is 1. The molecule has 114 valence electrons. The highest BCUT2D eigenvalue weighted by Gasteiger charge is 2.19. The molecule has 1 fully saturated rings. The van der Waals surface area contributed by atoms with E-state index in [4.69, 9.17) is 0 Å². The van der Waals surface area contributed by atoms with Crippen molar-refractivity contribution in [2.24, 2.45) is 5.92 Å². The molecule has 1 saturated carbocycles. The normalized spacial score (nSPS) is 21.4. The topological polar surface area (TPSA) is 70.2 Å². The van der Waals surface area contributed by atoms with E-state index in [1.165, 1.54) is 0 Å². The second-order valence-electron chi connectivity index (χ2n) is 5.70. The van der Waals surface area contributed by atoms with Crippen molar-refractivity contribution in [2.45, 2.75) is 38.6 Å². The zero-order valence-electron chi connectivity index (χ0n) is 12.4. The molecule has 1 aromatic carbocycles. The standard InChI is InChI=1S/C16H23N3O2/c1-12-7-9-14(10-8-12)18-15(20)11-17-16(21)19-13-5-3-2-4-6-13/h2-6,12,14H,7-11H2,1H3,(H,18,20)(H2,17,19,21). The number of carbonyl (C=O) groups is 2. The van der Waals surface area contributed by atoms with Gasteiger partial charge in [0.2, 0.25) is 5.91 Å². The Morgan fingerprint density at radius 2 is 1.76 bits per heavy atom. The molecule has 1 aliphatic rings. The minimum atomic E-state index is -0.367. The Morgan fingerprint density at radius 3 is 2.43 bits per heavy atom. The summed E-state index contributed by atoms with van der Waals surface area (Å²) in [6.07, 6.45) is 4.38. The average molecular weight is 289 g/mol. The van der Waals surface area contributed by atoms with Crippen LogP contribution in [0.1, 0.15) is 32.6 Å². The van der Waals surface area contributed by atoms with Crippen LogP contribution in [0.4, 0.5) is 10.5 Å². The molecule has 0 aliphatic heterocycles. The third kappa shape index (κ3) is 5.45. The first-order valence-electron chi connectivity index (χ1n) is 7.53. The van der Waals surface area contributed by atoms with E-state index in [0.717, 1.165) is 31.6 Å². The Morgan fingerprint density at radius 1 is 1.10 bits per heavy atom. The molecule has 3 amide bonds. The van der Waals surface area contributed by atoms with Gasteiger partial charge in [-0.25, -0.2) is 4.79 Å². The van der Waals surface area contributed by atoms with E-state index in [2.05, 4.69) is 22.9 Å². The molecule has 2 rings (SSSR count). The number of rotatable bonds is 4. The van der Waals surface area contributed by atoms with Crippen molar-refractivity contribution in [3.8, 4) is 0 Å². The van der Waals surface area contributed by atoms with Crippen LogP contribution in [0.2, 0.25) is 0 Å². The Labute approximate surface area is 125 Å². The molecule has 1 aromatic rings. The predicted octanol–water partition coefficient (Wildman–Crippen LogP) is 2.50. The molecule has 1 aliphatic carbocycles. The van der Waals surface area contributed by atoms with Crippen molar-refractivity contribution in [1.29, 1.82) is 0 Å². The van der Waals surface area contributed by atoms with Gasteiger partial charge in [0.15, 0.2) is 0 Å². The van der Waals surface area contributed by atoms with Gasteiger partial charge in [-0.1, -0.05) is 25.1 Å². The van der Waals surface area contributed by atoms with Crippen molar-refractivity contribution >= 4 is 17.6 Å². The van der Waals surface area contributed by atoms with Gasteiger partial charge in [0.1, 0.15) is 0 Å². The summed E-state index contributed by atoms with van der Waals surface area (Å²) in [6, 6.07) is 9.03. The molecule has 0 spiro atoms. The summed E-state index contributed by atoms with van der Waals surface area (Å²) < 4.78 is 0. The van der Waals surface area contributed by atoms with E-state index in [0.29, 0.717) is 5.69 Å². The molecule has 0 atom stereocenters. The molecule has 0 aromatic heterocycles. The summed E-state index contributed by atoms with van der Waals surface area (Å²) in [5, 5.41) is 8.22. The van der Waals surface area contributed by atoms with Crippen LogP contribution in [0.15, 0.2) is 30.3 Å². The minimum Gasteiger partial charge on any atom is -0.352 e. The molecule has 0 saturated heterocycles. The van der Waals surface area contributed by atoms with Gasteiger partial charge < -0.3 is 16.0 Å². The highest BCUT2D eigenvalue weighted by molar-refractivity contribution is 5.92. The first kappa shape index (κ1) is 15.4. The third-order valence-electron chi connectivity index (χ3n) is 3.82. The summed E-state index contributed by atoms with van der Waals surface area (Å²) in [7, 11) is 0. The summed E-state index contributed by atoms with van der Waals surface area (Å²) in [6.45, 7) is 2.25. The second-order valence-corrected chi connectivity index (χ2v) is 5.70. The van der Waals surface area contributed by atoms with E-state index in [9.17, 15) is 9.59 Å². The number of hydrogen-bond donors (Lipinski definition) is 3. The molecule has 21 heavy (non-hydrogen) atoms. The number of hydrogen-bond acceptors (Lipinski definition) is 2. The molecule has 5 nitrogen and oxygen atoms in total. The van der Waals surface area contributed by atoms with Gasteiger partial charge in [-0.15, -0.1) is 0 Å². The van der Waals surface area contributed by atoms with Crippen LogP contribution < -0.4 is 16.0 Å². The zero-order valence-corrected chi connectivity index (χ0v) is 12.4. The van der Waals surface area contributed by atoms with Gasteiger partial charge in [-0.2, -0.15) is 0 Å². The number of nitrogens with one attached hydrogen (secondary N) is 3. The lowest BCUT2D eigenvalue weighted by atomic mass is 9.87. The van der Waals surface area contributed by atoms with Gasteiger partial charge in [0.25, 0.3) is 0 Å². The first-order chi connectivity index (χ1) is 10.1. The van der Waals surface area contributed by atoms with Crippen molar-refractivity contribution in [3.63, 3.8) is 0 Å².